The lowest BCUT2D eigenvalue weighted by molar-refractivity contribution is -0.129. The van der Waals surface area contributed by atoms with Crippen molar-refractivity contribution in [2.75, 3.05) is 7.05 Å². The molecule has 0 spiro atoms. The maximum absolute atomic E-state index is 6.97. The Morgan fingerprint density at radius 3 is 1.95 bits per heavy atom. The first-order chi connectivity index (χ1) is 21.2. The summed E-state index contributed by atoms with van der Waals surface area (Å²) < 4.78 is 26.7. The lowest BCUT2D eigenvalue weighted by atomic mass is 9.85. The summed E-state index contributed by atoms with van der Waals surface area (Å²) in [5.41, 5.74) is 3.10. The van der Waals surface area contributed by atoms with E-state index in [1.807, 2.05) is 97.0 Å². The molecule has 0 amide bonds. The lowest BCUT2D eigenvalue weighted by Crippen LogP contribution is -2.47. The number of hydroxylamine groups is 2. The fourth-order valence-electron chi connectivity index (χ4n) is 5.72. The number of likely N-dealkylation sites (N-methyl/N-ethyl adjacent to an activating group) is 1. The van der Waals surface area contributed by atoms with Gasteiger partial charge in [0, 0.05) is 18.2 Å². The molecule has 0 bridgehead atoms. The summed E-state index contributed by atoms with van der Waals surface area (Å²) in [5, 5.41) is 2.95. The average molecular weight is 608 g/mol. The van der Waals surface area contributed by atoms with Gasteiger partial charge in [-0.05, 0) is 42.3 Å². The van der Waals surface area contributed by atoms with Crippen molar-refractivity contribution in [1.82, 2.24) is 5.06 Å². The number of benzene rings is 4. The standard InChI is InChI=1S/C37H41NO5Si/c1-37(35(32-24-34(43-38(32)2)44(3,4)5)41-36(42-37)29-19-13-8-14-20-29)31-23-30(39-25-27-15-9-6-10-16-27)21-22-33(31)40-26-28-17-11-7-12-18-28/h6-24,32,35-36H,25-26H2,1-5H3/t32-,35+,36+,37?/m0/s1. The third kappa shape index (κ3) is 6.47. The van der Waals surface area contributed by atoms with E-state index >= 15 is 0 Å². The molecule has 7 heteroatoms. The van der Waals surface area contributed by atoms with Crippen LogP contribution in [0.2, 0.25) is 19.6 Å². The second-order valence-corrected chi connectivity index (χ2v) is 17.6. The minimum absolute atomic E-state index is 0.175. The van der Waals surface area contributed by atoms with Gasteiger partial charge >= 0.3 is 0 Å². The molecule has 228 valence electrons. The van der Waals surface area contributed by atoms with Crippen molar-refractivity contribution in [1.29, 1.82) is 0 Å². The Kier molecular flexibility index (Phi) is 8.65. The van der Waals surface area contributed by atoms with E-state index in [1.165, 1.54) is 0 Å². The van der Waals surface area contributed by atoms with Gasteiger partial charge in [-0.25, -0.2) is 0 Å². The van der Waals surface area contributed by atoms with Crippen LogP contribution < -0.4 is 9.47 Å². The molecule has 2 aliphatic rings. The maximum Gasteiger partial charge on any atom is 0.185 e. The van der Waals surface area contributed by atoms with Crippen LogP contribution in [0.4, 0.5) is 0 Å². The van der Waals surface area contributed by atoms with E-state index in [9.17, 15) is 0 Å². The molecule has 0 N–H and O–H groups in total. The van der Waals surface area contributed by atoms with Crippen LogP contribution in [0.25, 0.3) is 0 Å². The molecule has 4 aromatic carbocycles. The molecule has 0 aliphatic carbocycles. The zero-order valence-electron chi connectivity index (χ0n) is 26.1. The van der Waals surface area contributed by atoms with Crippen molar-refractivity contribution < 1.29 is 23.8 Å². The van der Waals surface area contributed by atoms with Gasteiger partial charge in [-0.3, -0.25) is 0 Å². The summed E-state index contributed by atoms with van der Waals surface area (Å²) in [5.74, 6) is 1.46. The highest BCUT2D eigenvalue weighted by Gasteiger charge is 2.55. The van der Waals surface area contributed by atoms with Crippen molar-refractivity contribution in [3.8, 4) is 11.5 Å². The fourth-order valence-corrected chi connectivity index (χ4v) is 6.81. The van der Waals surface area contributed by atoms with E-state index in [2.05, 4.69) is 56.9 Å². The van der Waals surface area contributed by atoms with E-state index in [1.54, 1.807) is 0 Å². The number of hydrogen-bond donors (Lipinski definition) is 0. The molecule has 1 saturated heterocycles. The SMILES string of the molecule is CN1OC([Si](C)(C)C)=C[C@H]1[C@H]1O[C@@H](c2ccccc2)OC1(C)c1cc(OCc2ccccc2)ccc1OCc1ccccc1. The highest BCUT2D eigenvalue weighted by atomic mass is 28.3. The van der Waals surface area contributed by atoms with Gasteiger partial charge in [-0.15, -0.1) is 5.06 Å². The molecular formula is C37H41NO5Si. The number of hydrogen-bond acceptors (Lipinski definition) is 6. The van der Waals surface area contributed by atoms with Crippen LogP contribution in [0, 0.1) is 0 Å². The van der Waals surface area contributed by atoms with Crippen molar-refractivity contribution in [3.63, 3.8) is 0 Å². The van der Waals surface area contributed by atoms with E-state index in [0.29, 0.717) is 13.2 Å². The Labute approximate surface area is 261 Å². The summed E-state index contributed by atoms with van der Waals surface area (Å²) in [6.07, 6.45) is 1.25. The van der Waals surface area contributed by atoms with Gasteiger partial charge in [-0.2, -0.15) is 0 Å². The minimum Gasteiger partial charge on any atom is -0.489 e. The molecule has 0 saturated carbocycles. The fraction of sp³-hybridized carbons (Fsp3) is 0.297. The number of rotatable bonds is 10. The van der Waals surface area contributed by atoms with Crippen LogP contribution in [0.3, 0.4) is 0 Å². The first kappa shape index (κ1) is 30.2. The van der Waals surface area contributed by atoms with Crippen LogP contribution in [0.15, 0.2) is 121 Å². The monoisotopic (exact) mass is 607 g/mol. The van der Waals surface area contributed by atoms with Crippen molar-refractivity contribution in [3.05, 3.63) is 143 Å². The van der Waals surface area contributed by atoms with Crippen LogP contribution >= 0.6 is 0 Å². The van der Waals surface area contributed by atoms with E-state index in [4.69, 9.17) is 23.8 Å². The largest absolute Gasteiger partial charge is 0.489 e. The van der Waals surface area contributed by atoms with Crippen LogP contribution in [0.5, 0.6) is 11.5 Å². The van der Waals surface area contributed by atoms with Gasteiger partial charge in [0.1, 0.15) is 44.5 Å². The van der Waals surface area contributed by atoms with Crippen LogP contribution in [-0.2, 0) is 33.1 Å². The lowest BCUT2D eigenvalue weighted by Gasteiger charge is -2.35. The highest BCUT2D eigenvalue weighted by molar-refractivity contribution is 6.82. The Morgan fingerprint density at radius 1 is 0.773 bits per heavy atom. The Morgan fingerprint density at radius 2 is 1.36 bits per heavy atom. The first-order valence-electron chi connectivity index (χ1n) is 15.2. The molecule has 4 atom stereocenters. The van der Waals surface area contributed by atoms with Crippen molar-refractivity contribution in [2.24, 2.45) is 0 Å². The molecule has 0 radical (unpaired) electrons. The van der Waals surface area contributed by atoms with Gasteiger partial charge in [0.2, 0.25) is 0 Å². The molecular weight excluding hydrogens is 566 g/mol. The summed E-state index contributed by atoms with van der Waals surface area (Å²) >= 11 is 0. The average Bonchev–Trinajstić information content (AvgIpc) is 3.61. The van der Waals surface area contributed by atoms with E-state index in [0.717, 1.165) is 39.1 Å². The van der Waals surface area contributed by atoms with Gasteiger partial charge < -0.3 is 23.8 Å². The summed E-state index contributed by atoms with van der Waals surface area (Å²) in [6.45, 7) is 9.84. The Hall–Kier alpha value is -3.88. The zero-order valence-corrected chi connectivity index (χ0v) is 27.1. The predicted molar refractivity (Wildman–Crippen MR) is 175 cm³/mol. The van der Waals surface area contributed by atoms with E-state index < -0.39 is 26.1 Å². The summed E-state index contributed by atoms with van der Waals surface area (Å²) in [7, 11) is 0.250. The Bertz CT molecular complexity index is 1570. The molecule has 44 heavy (non-hydrogen) atoms. The van der Waals surface area contributed by atoms with Crippen LogP contribution in [0.1, 0.15) is 35.5 Å². The van der Waals surface area contributed by atoms with Crippen molar-refractivity contribution in [2.45, 2.75) is 63.8 Å². The third-order valence-corrected chi connectivity index (χ3v) is 9.98. The molecule has 2 heterocycles. The Balaban J connectivity index is 1.41. The molecule has 0 aromatic heterocycles. The minimum atomic E-state index is -1.72. The quantitative estimate of drug-likeness (QED) is 0.170. The number of nitrogens with zero attached hydrogens (tertiary/aromatic N) is 1. The molecule has 6 rings (SSSR count). The van der Waals surface area contributed by atoms with Crippen molar-refractivity contribution >= 4 is 8.07 Å². The molecule has 6 nitrogen and oxygen atoms in total. The maximum atomic E-state index is 6.97. The molecule has 1 unspecified atom stereocenters. The second kappa shape index (κ2) is 12.6. The van der Waals surface area contributed by atoms with Gasteiger partial charge in [0.05, 0.1) is 11.4 Å². The predicted octanol–water partition coefficient (Wildman–Crippen LogP) is 8.18. The van der Waals surface area contributed by atoms with Crippen LogP contribution in [-0.4, -0.2) is 32.3 Å². The van der Waals surface area contributed by atoms with Gasteiger partial charge in [0.15, 0.2) is 6.29 Å². The van der Waals surface area contributed by atoms with Gasteiger partial charge in [0.25, 0.3) is 0 Å². The number of ether oxygens (including phenoxy) is 4. The summed E-state index contributed by atoms with van der Waals surface area (Å²) in [6, 6.07) is 36.3. The second-order valence-electron chi connectivity index (χ2n) is 12.6. The first-order valence-corrected chi connectivity index (χ1v) is 18.7. The van der Waals surface area contributed by atoms with E-state index in [-0.39, 0.29) is 6.04 Å². The smallest absolute Gasteiger partial charge is 0.185 e. The zero-order chi connectivity index (χ0) is 30.7. The van der Waals surface area contributed by atoms with Gasteiger partial charge in [-0.1, -0.05) is 111 Å². The normalized spacial score (nSPS) is 23.7. The molecule has 1 fully saturated rings. The molecule has 2 aliphatic heterocycles. The third-order valence-electron chi connectivity index (χ3n) is 8.24. The highest BCUT2D eigenvalue weighted by Crippen LogP contribution is 2.51. The topological polar surface area (TPSA) is 49.4 Å². The summed E-state index contributed by atoms with van der Waals surface area (Å²) in [4.78, 5) is 6.33. The molecule has 4 aromatic rings.